The number of aliphatic carboxylic acids is 1. The van der Waals surface area contributed by atoms with E-state index in [0.717, 1.165) is 5.56 Å². The minimum Gasteiger partial charge on any atom is -0.481 e. The zero-order valence-corrected chi connectivity index (χ0v) is 10.6. The fourth-order valence-corrected chi connectivity index (χ4v) is 1.82. The molecular formula is C13H12ClNO3. The summed E-state index contributed by atoms with van der Waals surface area (Å²) in [5.41, 5.74) is 1.46. The summed E-state index contributed by atoms with van der Waals surface area (Å²) >= 11 is 5.90. The number of nitrogens with zero attached hydrogens (tertiary/aromatic N) is 1. The van der Waals surface area contributed by atoms with E-state index in [1.807, 2.05) is 12.1 Å². The summed E-state index contributed by atoms with van der Waals surface area (Å²) in [6, 6.07) is 7.19. The zero-order valence-electron chi connectivity index (χ0n) is 9.81. The molecule has 0 saturated heterocycles. The number of carboxylic acid groups (broad SMARTS) is 1. The maximum absolute atomic E-state index is 10.5. The number of carboxylic acids is 1. The third kappa shape index (κ3) is 2.90. The van der Waals surface area contributed by atoms with E-state index in [1.54, 1.807) is 19.1 Å². The van der Waals surface area contributed by atoms with Crippen LogP contribution in [-0.2, 0) is 11.2 Å². The normalized spacial score (nSPS) is 10.6. The number of oxazole rings is 1. The number of halogens is 1. The number of aromatic nitrogens is 1. The van der Waals surface area contributed by atoms with Gasteiger partial charge in [-0.05, 0) is 25.1 Å². The van der Waals surface area contributed by atoms with E-state index >= 15 is 0 Å². The highest BCUT2D eigenvalue weighted by atomic mass is 35.5. The third-order valence-corrected chi connectivity index (χ3v) is 2.77. The first-order valence-corrected chi connectivity index (χ1v) is 5.88. The highest BCUT2D eigenvalue weighted by Gasteiger charge is 2.12. The first-order valence-electron chi connectivity index (χ1n) is 5.50. The van der Waals surface area contributed by atoms with Crippen LogP contribution in [0.25, 0.3) is 11.5 Å². The molecule has 0 fully saturated rings. The number of carbonyl (C=O) groups is 1. The Morgan fingerprint density at radius 1 is 1.50 bits per heavy atom. The molecule has 0 bridgehead atoms. The van der Waals surface area contributed by atoms with Crippen LogP contribution in [0.15, 0.2) is 28.7 Å². The predicted octanol–water partition coefficient (Wildman–Crippen LogP) is 3.32. The average molecular weight is 266 g/mol. The lowest BCUT2D eigenvalue weighted by molar-refractivity contribution is -0.136. The van der Waals surface area contributed by atoms with Gasteiger partial charge in [0, 0.05) is 17.0 Å². The van der Waals surface area contributed by atoms with Crippen LogP contribution in [0.4, 0.5) is 0 Å². The Labute approximate surface area is 109 Å². The smallest absolute Gasteiger partial charge is 0.303 e. The third-order valence-electron chi connectivity index (χ3n) is 2.54. The van der Waals surface area contributed by atoms with Crippen molar-refractivity contribution in [3.8, 4) is 11.5 Å². The van der Waals surface area contributed by atoms with Crippen molar-refractivity contribution >= 4 is 17.6 Å². The SMILES string of the molecule is Cc1oc(-c2cccc(Cl)c2)nc1CCC(=O)O. The first-order chi connectivity index (χ1) is 8.56. The van der Waals surface area contributed by atoms with Gasteiger partial charge in [0.2, 0.25) is 5.89 Å². The lowest BCUT2D eigenvalue weighted by Gasteiger charge is -1.95. The lowest BCUT2D eigenvalue weighted by atomic mass is 10.2. The standard InChI is InChI=1S/C13H12ClNO3/c1-8-11(5-6-12(16)17)15-13(18-8)9-3-2-4-10(14)7-9/h2-4,7H,5-6H2,1H3,(H,16,17). The van der Waals surface area contributed by atoms with Crippen molar-refractivity contribution in [3.63, 3.8) is 0 Å². The van der Waals surface area contributed by atoms with Gasteiger partial charge in [0.15, 0.2) is 0 Å². The number of rotatable bonds is 4. The van der Waals surface area contributed by atoms with Crippen LogP contribution in [-0.4, -0.2) is 16.1 Å². The molecule has 0 aliphatic rings. The lowest BCUT2D eigenvalue weighted by Crippen LogP contribution is -1.98. The fraction of sp³-hybridized carbons (Fsp3) is 0.231. The summed E-state index contributed by atoms with van der Waals surface area (Å²) in [5.74, 6) is 0.267. The van der Waals surface area contributed by atoms with Gasteiger partial charge < -0.3 is 9.52 Å². The summed E-state index contributed by atoms with van der Waals surface area (Å²) in [6.45, 7) is 1.78. The van der Waals surface area contributed by atoms with Gasteiger partial charge in [-0.3, -0.25) is 4.79 Å². The highest BCUT2D eigenvalue weighted by Crippen LogP contribution is 2.24. The van der Waals surface area contributed by atoms with Crippen LogP contribution in [0.3, 0.4) is 0 Å². The summed E-state index contributed by atoms with van der Waals surface area (Å²) in [6.07, 6.45) is 0.410. The largest absolute Gasteiger partial charge is 0.481 e. The van der Waals surface area contributed by atoms with Gasteiger partial charge in [-0.2, -0.15) is 0 Å². The van der Waals surface area contributed by atoms with E-state index in [4.69, 9.17) is 21.1 Å². The number of hydrogen-bond donors (Lipinski definition) is 1. The van der Waals surface area contributed by atoms with E-state index in [9.17, 15) is 4.79 Å². The molecule has 18 heavy (non-hydrogen) atoms. The van der Waals surface area contributed by atoms with E-state index in [-0.39, 0.29) is 6.42 Å². The van der Waals surface area contributed by atoms with Crippen molar-refractivity contribution in [1.29, 1.82) is 0 Å². The Balaban J connectivity index is 2.25. The summed E-state index contributed by atoms with van der Waals surface area (Å²) in [4.78, 5) is 14.8. The predicted molar refractivity (Wildman–Crippen MR) is 67.6 cm³/mol. The van der Waals surface area contributed by atoms with Crippen LogP contribution >= 0.6 is 11.6 Å². The maximum atomic E-state index is 10.5. The van der Waals surface area contributed by atoms with Crippen molar-refractivity contribution in [3.05, 3.63) is 40.7 Å². The van der Waals surface area contributed by atoms with Gasteiger partial charge in [-0.1, -0.05) is 17.7 Å². The van der Waals surface area contributed by atoms with Crippen molar-refractivity contribution in [2.75, 3.05) is 0 Å². The molecule has 1 N–H and O–H groups in total. The molecule has 0 unspecified atom stereocenters. The molecule has 2 aromatic rings. The molecule has 1 aromatic heterocycles. The fourth-order valence-electron chi connectivity index (χ4n) is 1.63. The van der Waals surface area contributed by atoms with Gasteiger partial charge in [-0.25, -0.2) is 4.98 Å². The number of aryl methyl sites for hydroxylation is 2. The molecular weight excluding hydrogens is 254 g/mol. The Morgan fingerprint density at radius 3 is 2.94 bits per heavy atom. The van der Waals surface area contributed by atoms with Crippen molar-refractivity contribution in [2.24, 2.45) is 0 Å². The summed E-state index contributed by atoms with van der Waals surface area (Å²) < 4.78 is 5.53. The van der Waals surface area contributed by atoms with Crippen molar-refractivity contribution < 1.29 is 14.3 Å². The van der Waals surface area contributed by atoms with Crippen molar-refractivity contribution in [2.45, 2.75) is 19.8 Å². The van der Waals surface area contributed by atoms with Gasteiger partial charge in [0.1, 0.15) is 5.76 Å². The average Bonchev–Trinajstić information content (AvgIpc) is 2.68. The van der Waals surface area contributed by atoms with Crippen LogP contribution in [0, 0.1) is 6.92 Å². The molecule has 0 aliphatic heterocycles. The Hall–Kier alpha value is -1.81. The van der Waals surface area contributed by atoms with E-state index in [0.29, 0.717) is 28.8 Å². The van der Waals surface area contributed by atoms with Crippen LogP contribution in [0.1, 0.15) is 17.9 Å². The summed E-state index contributed by atoms with van der Waals surface area (Å²) in [7, 11) is 0. The van der Waals surface area contributed by atoms with Crippen LogP contribution < -0.4 is 0 Å². The minimum absolute atomic E-state index is 0.0440. The van der Waals surface area contributed by atoms with Gasteiger partial charge >= 0.3 is 5.97 Å². The molecule has 2 rings (SSSR count). The second-order valence-corrected chi connectivity index (χ2v) is 4.36. The molecule has 0 radical (unpaired) electrons. The molecule has 0 atom stereocenters. The first kappa shape index (κ1) is 12.6. The van der Waals surface area contributed by atoms with E-state index in [2.05, 4.69) is 4.98 Å². The highest BCUT2D eigenvalue weighted by molar-refractivity contribution is 6.30. The topological polar surface area (TPSA) is 63.3 Å². The monoisotopic (exact) mass is 265 g/mol. The van der Waals surface area contributed by atoms with Crippen LogP contribution in [0.5, 0.6) is 0 Å². The minimum atomic E-state index is -0.846. The molecule has 94 valence electrons. The Morgan fingerprint density at radius 2 is 2.28 bits per heavy atom. The van der Waals surface area contributed by atoms with Gasteiger partial charge in [0.25, 0.3) is 0 Å². The zero-order chi connectivity index (χ0) is 13.1. The quantitative estimate of drug-likeness (QED) is 0.921. The molecule has 4 nitrogen and oxygen atoms in total. The second kappa shape index (κ2) is 5.23. The van der Waals surface area contributed by atoms with E-state index < -0.39 is 5.97 Å². The molecule has 0 spiro atoms. The number of benzene rings is 1. The molecule has 5 heteroatoms. The molecule has 0 aliphatic carbocycles. The Bertz CT molecular complexity index is 577. The van der Waals surface area contributed by atoms with Gasteiger partial charge in [0.05, 0.1) is 12.1 Å². The van der Waals surface area contributed by atoms with Crippen LogP contribution in [0.2, 0.25) is 5.02 Å². The molecule has 0 amide bonds. The molecule has 1 aromatic carbocycles. The van der Waals surface area contributed by atoms with Crippen molar-refractivity contribution in [1.82, 2.24) is 4.98 Å². The summed E-state index contributed by atoms with van der Waals surface area (Å²) in [5, 5.41) is 9.26. The van der Waals surface area contributed by atoms with E-state index in [1.165, 1.54) is 0 Å². The Kier molecular flexibility index (Phi) is 3.67. The second-order valence-electron chi connectivity index (χ2n) is 3.93. The molecule has 0 saturated carbocycles. The molecule has 1 heterocycles. The van der Waals surface area contributed by atoms with Gasteiger partial charge in [-0.15, -0.1) is 0 Å². The number of hydrogen-bond acceptors (Lipinski definition) is 3. The maximum Gasteiger partial charge on any atom is 0.303 e.